The highest BCUT2D eigenvalue weighted by Gasteiger charge is 2.11. The van der Waals surface area contributed by atoms with Crippen molar-refractivity contribution in [3.05, 3.63) is 88.7 Å². The molecule has 0 amide bonds. The van der Waals surface area contributed by atoms with Gasteiger partial charge in [0.25, 0.3) is 0 Å². The van der Waals surface area contributed by atoms with Crippen molar-refractivity contribution in [2.45, 2.75) is 32.6 Å². The summed E-state index contributed by atoms with van der Waals surface area (Å²) >= 11 is 0. The Bertz CT molecular complexity index is 1020. The summed E-state index contributed by atoms with van der Waals surface area (Å²) in [6.45, 7) is 2.07. The molecule has 1 nitrogen and oxygen atoms in total. The van der Waals surface area contributed by atoms with Crippen molar-refractivity contribution in [3.8, 4) is 16.9 Å². The van der Waals surface area contributed by atoms with Crippen LogP contribution >= 0.6 is 0 Å². The minimum absolute atomic E-state index is 0.206. The summed E-state index contributed by atoms with van der Waals surface area (Å²) in [4.78, 5) is 0. The van der Waals surface area contributed by atoms with Gasteiger partial charge in [0, 0.05) is 17.2 Å². The number of ether oxygens (including phenoxy) is 1. The zero-order valence-electron chi connectivity index (χ0n) is 17.2. The van der Waals surface area contributed by atoms with Crippen LogP contribution in [0.3, 0.4) is 0 Å². The molecule has 3 rings (SSSR count). The Hall–Kier alpha value is -3.01. The fourth-order valence-corrected chi connectivity index (χ4v) is 3.31. The van der Waals surface area contributed by atoms with Crippen LogP contribution in [0, 0.1) is 17.5 Å². The number of hydrogen-bond acceptors (Lipinski definition) is 1. The summed E-state index contributed by atoms with van der Waals surface area (Å²) in [6.07, 6.45) is 6.70. The van der Waals surface area contributed by atoms with E-state index in [-0.39, 0.29) is 11.4 Å². The first-order valence-corrected chi connectivity index (χ1v) is 10.1. The number of methoxy groups -OCH3 is 1. The fraction of sp³-hybridized carbons (Fsp3) is 0.231. The van der Waals surface area contributed by atoms with Crippen molar-refractivity contribution in [2.75, 3.05) is 7.11 Å². The van der Waals surface area contributed by atoms with Gasteiger partial charge in [-0.2, -0.15) is 0 Å². The van der Waals surface area contributed by atoms with E-state index in [2.05, 4.69) is 6.92 Å². The van der Waals surface area contributed by atoms with Gasteiger partial charge in [0.1, 0.15) is 11.6 Å². The molecular weight excluding hydrogens is 385 g/mol. The second kappa shape index (κ2) is 10.1. The van der Waals surface area contributed by atoms with Crippen LogP contribution in [0.1, 0.15) is 42.9 Å². The van der Waals surface area contributed by atoms with E-state index in [1.165, 1.54) is 13.2 Å². The normalized spacial score (nSPS) is 11.2. The third-order valence-corrected chi connectivity index (χ3v) is 5.10. The van der Waals surface area contributed by atoms with Gasteiger partial charge < -0.3 is 4.74 Å². The lowest BCUT2D eigenvalue weighted by Gasteiger charge is -2.07. The minimum atomic E-state index is -0.822. The van der Waals surface area contributed by atoms with Crippen LogP contribution in [-0.4, -0.2) is 7.11 Å². The standard InChI is InChI=1S/C26H25F3O/c1-3-4-5-6-20-13-14-21(26(29)25(20)28)12-9-18-7-10-19(11-8-18)23-16-15-22(30-2)17-24(23)27/h7-17H,3-6H2,1-2H3/b12-9+. The van der Waals surface area contributed by atoms with E-state index in [1.54, 1.807) is 48.6 Å². The molecule has 0 radical (unpaired) electrons. The predicted octanol–water partition coefficient (Wildman–Crippen LogP) is 7.68. The number of benzene rings is 3. The largest absolute Gasteiger partial charge is 0.497 e. The average Bonchev–Trinajstić information content (AvgIpc) is 2.76. The Morgan fingerprint density at radius 2 is 1.60 bits per heavy atom. The zero-order chi connectivity index (χ0) is 21.5. The SMILES string of the molecule is CCCCCc1ccc(/C=C/c2ccc(-c3ccc(OC)cc3F)cc2)c(F)c1F. The van der Waals surface area contributed by atoms with Crippen molar-refractivity contribution in [3.63, 3.8) is 0 Å². The third-order valence-electron chi connectivity index (χ3n) is 5.10. The highest BCUT2D eigenvalue weighted by Crippen LogP contribution is 2.27. The van der Waals surface area contributed by atoms with E-state index in [4.69, 9.17) is 4.74 Å². The molecule has 3 aromatic carbocycles. The lowest BCUT2D eigenvalue weighted by molar-refractivity contribution is 0.411. The molecular formula is C26H25F3O. The highest BCUT2D eigenvalue weighted by atomic mass is 19.2. The second-order valence-corrected chi connectivity index (χ2v) is 7.20. The first kappa shape index (κ1) is 21.7. The number of halogens is 3. The van der Waals surface area contributed by atoms with Crippen LogP contribution in [0.5, 0.6) is 5.75 Å². The minimum Gasteiger partial charge on any atom is -0.497 e. The van der Waals surface area contributed by atoms with Gasteiger partial charge in [-0.3, -0.25) is 0 Å². The molecule has 4 heteroatoms. The van der Waals surface area contributed by atoms with Gasteiger partial charge >= 0.3 is 0 Å². The zero-order valence-corrected chi connectivity index (χ0v) is 17.2. The number of hydrogen-bond donors (Lipinski definition) is 0. The van der Waals surface area contributed by atoms with Gasteiger partial charge in [-0.15, -0.1) is 0 Å². The molecule has 0 heterocycles. The van der Waals surface area contributed by atoms with Crippen molar-refractivity contribution in [1.29, 1.82) is 0 Å². The molecule has 0 N–H and O–H groups in total. The quantitative estimate of drug-likeness (QED) is 0.273. The molecule has 0 saturated carbocycles. The molecule has 0 aliphatic carbocycles. The predicted molar refractivity (Wildman–Crippen MR) is 117 cm³/mol. The molecule has 0 atom stereocenters. The summed E-state index contributed by atoms with van der Waals surface area (Å²) in [6, 6.07) is 15.2. The summed E-state index contributed by atoms with van der Waals surface area (Å²) < 4.78 is 47.9. The maximum Gasteiger partial charge on any atom is 0.166 e. The van der Waals surface area contributed by atoms with E-state index in [0.717, 1.165) is 30.4 Å². The van der Waals surface area contributed by atoms with Gasteiger partial charge in [-0.25, -0.2) is 13.2 Å². The van der Waals surface area contributed by atoms with Gasteiger partial charge in [0.05, 0.1) is 7.11 Å². The Kier molecular flexibility index (Phi) is 7.34. The van der Waals surface area contributed by atoms with Gasteiger partial charge in [0.2, 0.25) is 0 Å². The smallest absolute Gasteiger partial charge is 0.166 e. The van der Waals surface area contributed by atoms with Crippen molar-refractivity contribution in [1.82, 2.24) is 0 Å². The van der Waals surface area contributed by atoms with E-state index in [9.17, 15) is 13.2 Å². The van der Waals surface area contributed by atoms with E-state index >= 15 is 0 Å². The summed E-state index contributed by atoms with van der Waals surface area (Å²) in [5.74, 6) is -1.49. The van der Waals surface area contributed by atoms with Crippen molar-refractivity contribution >= 4 is 12.2 Å². The van der Waals surface area contributed by atoms with E-state index in [1.807, 2.05) is 12.1 Å². The molecule has 0 bridgehead atoms. The summed E-state index contributed by atoms with van der Waals surface area (Å²) in [5.41, 5.74) is 2.62. The molecule has 156 valence electrons. The fourth-order valence-electron chi connectivity index (χ4n) is 3.31. The Labute approximate surface area is 175 Å². The van der Waals surface area contributed by atoms with Crippen LogP contribution in [0.4, 0.5) is 13.2 Å². The van der Waals surface area contributed by atoms with Gasteiger partial charge in [0.15, 0.2) is 11.6 Å². The Morgan fingerprint density at radius 1 is 0.833 bits per heavy atom. The van der Waals surface area contributed by atoms with Crippen LogP contribution in [0.2, 0.25) is 0 Å². The molecule has 0 unspecified atom stereocenters. The van der Waals surface area contributed by atoms with Crippen molar-refractivity contribution < 1.29 is 17.9 Å². The number of rotatable bonds is 8. The number of unbranched alkanes of at least 4 members (excludes halogenated alkanes) is 2. The topological polar surface area (TPSA) is 9.23 Å². The molecule has 0 saturated heterocycles. The Balaban J connectivity index is 1.74. The van der Waals surface area contributed by atoms with E-state index < -0.39 is 11.6 Å². The second-order valence-electron chi connectivity index (χ2n) is 7.20. The maximum absolute atomic E-state index is 14.4. The molecule has 0 spiro atoms. The van der Waals surface area contributed by atoms with Crippen LogP contribution < -0.4 is 4.74 Å². The summed E-state index contributed by atoms with van der Waals surface area (Å²) in [7, 11) is 1.49. The molecule has 0 fully saturated rings. The molecule has 0 aromatic heterocycles. The molecule has 3 aromatic rings. The molecule has 0 aliphatic heterocycles. The van der Waals surface area contributed by atoms with Crippen LogP contribution in [0.25, 0.3) is 23.3 Å². The Morgan fingerprint density at radius 3 is 2.27 bits per heavy atom. The number of aryl methyl sites for hydroxylation is 1. The lowest BCUT2D eigenvalue weighted by atomic mass is 10.0. The van der Waals surface area contributed by atoms with Crippen molar-refractivity contribution in [2.24, 2.45) is 0 Å². The molecule has 0 aliphatic rings. The first-order valence-electron chi connectivity index (χ1n) is 10.1. The third kappa shape index (κ3) is 5.12. The van der Waals surface area contributed by atoms with Gasteiger partial charge in [-0.1, -0.05) is 68.3 Å². The molecule has 30 heavy (non-hydrogen) atoms. The van der Waals surface area contributed by atoms with Crippen LogP contribution in [0.15, 0.2) is 54.6 Å². The van der Waals surface area contributed by atoms with E-state index in [0.29, 0.717) is 23.3 Å². The highest BCUT2D eigenvalue weighted by molar-refractivity contribution is 5.72. The van der Waals surface area contributed by atoms with Gasteiger partial charge in [-0.05, 0) is 41.7 Å². The lowest BCUT2D eigenvalue weighted by Crippen LogP contribution is -1.97. The first-order chi connectivity index (χ1) is 14.5. The average molecular weight is 410 g/mol. The van der Waals surface area contributed by atoms with Crippen LogP contribution in [-0.2, 0) is 6.42 Å². The monoisotopic (exact) mass is 410 g/mol. The maximum atomic E-state index is 14.4. The summed E-state index contributed by atoms with van der Waals surface area (Å²) in [5, 5.41) is 0.